The first-order chi connectivity index (χ1) is 26.3. The number of rotatable bonds is 4. The molecule has 0 aliphatic carbocycles. The summed E-state index contributed by atoms with van der Waals surface area (Å²) in [6.45, 7) is 0. The Kier molecular flexibility index (Phi) is 6.59. The molecule has 11 rings (SSSR count). The average molecular weight is 674 g/mol. The van der Waals surface area contributed by atoms with Gasteiger partial charge in [0.05, 0.1) is 11.4 Å². The number of nitrogens with zero attached hydrogens (tertiary/aromatic N) is 1. The molecule has 9 aromatic carbocycles. The molecule has 0 aliphatic rings. The summed E-state index contributed by atoms with van der Waals surface area (Å²) in [5, 5.41) is 11.8. The van der Waals surface area contributed by atoms with Crippen LogP contribution in [0.25, 0.3) is 110 Å². The number of aromatic nitrogens is 1. The van der Waals surface area contributed by atoms with Gasteiger partial charge in [-0.05, 0) is 84.5 Å². The quantitative estimate of drug-likeness (QED) is 0.174. The molecule has 0 atom stereocenters. The third-order valence-electron chi connectivity index (χ3n) is 10.8. The highest BCUT2D eigenvalue weighted by molar-refractivity contribution is 6.29. The van der Waals surface area contributed by atoms with Gasteiger partial charge in [-0.2, -0.15) is 0 Å². The van der Waals surface area contributed by atoms with Crippen LogP contribution < -0.4 is 0 Å². The van der Waals surface area contributed by atoms with Crippen LogP contribution in [0.2, 0.25) is 0 Å². The van der Waals surface area contributed by atoms with Crippen LogP contribution in [0.4, 0.5) is 0 Å². The molecule has 0 aliphatic heterocycles. The summed E-state index contributed by atoms with van der Waals surface area (Å²) >= 11 is 0. The van der Waals surface area contributed by atoms with Crippen LogP contribution in [0.5, 0.6) is 0 Å². The van der Waals surface area contributed by atoms with Crippen molar-refractivity contribution in [1.82, 2.24) is 4.98 Å². The lowest BCUT2D eigenvalue weighted by Crippen LogP contribution is -1.94. The van der Waals surface area contributed by atoms with E-state index in [9.17, 15) is 0 Å². The molecule has 53 heavy (non-hydrogen) atoms. The predicted molar refractivity (Wildman–Crippen MR) is 223 cm³/mol. The van der Waals surface area contributed by atoms with E-state index in [4.69, 9.17) is 9.40 Å². The topological polar surface area (TPSA) is 26.0 Å². The maximum Gasteiger partial charge on any atom is 0.143 e. The fourth-order valence-corrected chi connectivity index (χ4v) is 8.41. The second-order valence-corrected chi connectivity index (χ2v) is 13.8. The number of hydrogen-bond donors (Lipinski definition) is 0. The summed E-state index contributed by atoms with van der Waals surface area (Å²) in [6, 6.07) is 67.3. The zero-order valence-electron chi connectivity index (χ0n) is 28.8. The Morgan fingerprint density at radius 3 is 1.40 bits per heavy atom. The zero-order valence-corrected chi connectivity index (χ0v) is 28.8. The van der Waals surface area contributed by atoms with Gasteiger partial charge in [-0.15, -0.1) is 0 Å². The van der Waals surface area contributed by atoms with Crippen molar-refractivity contribution in [2.75, 3.05) is 0 Å². The van der Waals surface area contributed by atoms with E-state index < -0.39 is 0 Å². The molecule has 0 radical (unpaired) electrons. The average Bonchev–Trinajstić information content (AvgIpc) is 3.61. The lowest BCUT2D eigenvalue weighted by Gasteiger charge is -2.19. The minimum atomic E-state index is 0.903. The molecule has 0 fully saturated rings. The molecule has 0 N–H and O–H groups in total. The molecular weight excluding hydrogens is 643 g/mol. The minimum Gasteiger partial charge on any atom is -0.455 e. The van der Waals surface area contributed by atoms with Crippen molar-refractivity contribution >= 4 is 65.0 Å². The molecule has 2 heterocycles. The maximum absolute atomic E-state index is 6.99. The SMILES string of the molecule is c1ccc(-c2cc(-c3c4ccccc4c(-c4cc5ccccc5c5c4oc4cc6ccccc6cc45)c4ccccc34)cc(-c3ccccc3)n2)cc1. The van der Waals surface area contributed by atoms with Crippen molar-refractivity contribution < 1.29 is 4.42 Å². The normalized spacial score (nSPS) is 11.8. The molecule has 0 amide bonds. The number of pyridine rings is 1. The van der Waals surface area contributed by atoms with Gasteiger partial charge in [-0.25, -0.2) is 4.98 Å². The smallest absolute Gasteiger partial charge is 0.143 e. The molecule has 0 bridgehead atoms. The van der Waals surface area contributed by atoms with Crippen LogP contribution in [-0.2, 0) is 0 Å². The Bertz CT molecular complexity index is 3100. The molecule has 2 aromatic heterocycles. The van der Waals surface area contributed by atoms with Crippen molar-refractivity contribution in [2.24, 2.45) is 0 Å². The summed E-state index contributed by atoms with van der Waals surface area (Å²) < 4.78 is 6.99. The van der Waals surface area contributed by atoms with Crippen molar-refractivity contribution in [2.45, 2.75) is 0 Å². The standard InChI is InChI=1S/C51H31NO/c1-3-15-32(16-4-1)45-29-37(30-46(52-45)33-17-5-2-6-18-33)48-39-23-11-13-25-41(39)49(42-26-14-12-24-40(42)48)44-28-36-21-9-10-22-38(36)50-43-27-34-19-7-8-20-35(34)31-47(43)53-51(44)50/h1-31H. The Morgan fingerprint density at radius 1 is 0.340 bits per heavy atom. The van der Waals surface area contributed by atoms with Crippen LogP contribution in [0.3, 0.4) is 0 Å². The monoisotopic (exact) mass is 673 g/mol. The first-order valence-electron chi connectivity index (χ1n) is 18.1. The van der Waals surface area contributed by atoms with E-state index in [1.165, 1.54) is 54.2 Å². The first-order valence-corrected chi connectivity index (χ1v) is 18.1. The van der Waals surface area contributed by atoms with E-state index in [-0.39, 0.29) is 0 Å². The molecule has 11 aromatic rings. The fourth-order valence-electron chi connectivity index (χ4n) is 8.41. The summed E-state index contributed by atoms with van der Waals surface area (Å²) in [5.74, 6) is 0. The lowest BCUT2D eigenvalue weighted by atomic mass is 9.84. The predicted octanol–water partition coefficient (Wildman–Crippen LogP) is 14.3. The van der Waals surface area contributed by atoms with Gasteiger partial charge in [0, 0.05) is 33.0 Å². The van der Waals surface area contributed by atoms with Crippen LogP contribution in [0.15, 0.2) is 192 Å². The summed E-state index contributed by atoms with van der Waals surface area (Å²) in [5.41, 5.74) is 10.5. The van der Waals surface area contributed by atoms with E-state index in [2.05, 4.69) is 188 Å². The Morgan fingerprint density at radius 2 is 0.811 bits per heavy atom. The van der Waals surface area contributed by atoms with Crippen LogP contribution in [0, 0.1) is 0 Å². The number of fused-ring (bicyclic) bond motifs is 8. The van der Waals surface area contributed by atoms with Crippen LogP contribution in [-0.4, -0.2) is 4.98 Å². The van der Waals surface area contributed by atoms with Gasteiger partial charge in [0.2, 0.25) is 0 Å². The third-order valence-corrected chi connectivity index (χ3v) is 10.8. The van der Waals surface area contributed by atoms with Gasteiger partial charge in [0.1, 0.15) is 11.2 Å². The van der Waals surface area contributed by atoms with E-state index >= 15 is 0 Å². The van der Waals surface area contributed by atoms with Crippen LogP contribution >= 0.6 is 0 Å². The number of furan rings is 1. The molecule has 0 spiro atoms. The largest absolute Gasteiger partial charge is 0.455 e. The molecule has 0 unspecified atom stereocenters. The molecule has 2 heteroatoms. The number of hydrogen-bond acceptors (Lipinski definition) is 2. The zero-order chi connectivity index (χ0) is 34.9. The maximum atomic E-state index is 6.99. The number of benzene rings is 9. The summed E-state index contributed by atoms with van der Waals surface area (Å²) in [7, 11) is 0. The van der Waals surface area contributed by atoms with Gasteiger partial charge in [0.25, 0.3) is 0 Å². The molecule has 0 saturated heterocycles. The highest BCUT2D eigenvalue weighted by Gasteiger charge is 2.23. The Hall–Kier alpha value is -7.03. The first kappa shape index (κ1) is 29.7. The van der Waals surface area contributed by atoms with E-state index in [0.717, 1.165) is 55.6 Å². The second-order valence-electron chi connectivity index (χ2n) is 13.8. The Labute approximate surface area is 306 Å². The second kappa shape index (κ2) is 11.8. The highest BCUT2D eigenvalue weighted by Crippen LogP contribution is 2.49. The molecule has 0 saturated carbocycles. The van der Waals surface area contributed by atoms with E-state index in [1.807, 2.05) is 0 Å². The Balaban J connectivity index is 1.26. The minimum absolute atomic E-state index is 0.903. The molecule has 246 valence electrons. The van der Waals surface area contributed by atoms with Gasteiger partial charge in [-0.1, -0.05) is 158 Å². The summed E-state index contributed by atoms with van der Waals surface area (Å²) in [6.07, 6.45) is 0. The van der Waals surface area contributed by atoms with Gasteiger partial charge in [-0.3, -0.25) is 0 Å². The van der Waals surface area contributed by atoms with Crippen molar-refractivity contribution in [3.63, 3.8) is 0 Å². The molecule has 2 nitrogen and oxygen atoms in total. The van der Waals surface area contributed by atoms with Crippen molar-refractivity contribution in [3.8, 4) is 44.8 Å². The van der Waals surface area contributed by atoms with E-state index in [1.54, 1.807) is 0 Å². The van der Waals surface area contributed by atoms with Gasteiger partial charge >= 0.3 is 0 Å². The fraction of sp³-hybridized carbons (Fsp3) is 0. The van der Waals surface area contributed by atoms with Crippen molar-refractivity contribution in [3.05, 3.63) is 188 Å². The highest BCUT2D eigenvalue weighted by atomic mass is 16.3. The third kappa shape index (κ3) is 4.70. The molecular formula is C51H31NO. The van der Waals surface area contributed by atoms with Gasteiger partial charge in [0.15, 0.2) is 0 Å². The van der Waals surface area contributed by atoms with E-state index in [0.29, 0.717) is 0 Å². The summed E-state index contributed by atoms with van der Waals surface area (Å²) in [4.78, 5) is 5.22. The van der Waals surface area contributed by atoms with Crippen molar-refractivity contribution in [1.29, 1.82) is 0 Å². The van der Waals surface area contributed by atoms with Crippen LogP contribution in [0.1, 0.15) is 0 Å². The van der Waals surface area contributed by atoms with Gasteiger partial charge < -0.3 is 4.42 Å². The lowest BCUT2D eigenvalue weighted by molar-refractivity contribution is 0.671.